The van der Waals surface area contributed by atoms with Gasteiger partial charge in [-0.15, -0.1) is 0 Å². The van der Waals surface area contributed by atoms with Crippen molar-refractivity contribution in [3.63, 3.8) is 0 Å². The Morgan fingerprint density at radius 1 is 0.164 bits per heavy atom. The highest BCUT2D eigenvalue weighted by Crippen LogP contribution is 2.54. The van der Waals surface area contributed by atoms with Gasteiger partial charge in [0, 0.05) is 125 Å². The molecule has 504 valence electrons. The highest BCUT2D eigenvalue weighted by molar-refractivity contribution is 6.42. The Hall–Kier alpha value is -14.9. The third kappa shape index (κ3) is 7.12. The Morgan fingerprint density at radius 3 is 0.773 bits per heavy atom. The molecule has 27 aromatic rings. The van der Waals surface area contributed by atoms with Crippen LogP contribution >= 0.6 is 0 Å². The van der Waals surface area contributed by atoms with Crippen molar-refractivity contribution in [1.29, 1.82) is 0 Å². The maximum atomic E-state index is 6.39. The summed E-state index contributed by atoms with van der Waals surface area (Å²) in [6.45, 7) is 0. The van der Waals surface area contributed by atoms with Crippen LogP contribution in [0.25, 0.3) is 252 Å². The average molecular weight is 1390 g/mol. The van der Waals surface area contributed by atoms with Crippen molar-refractivity contribution in [2.24, 2.45) is 0 Å². The molecular weight excluding hydrogens is 1340 g/mol. The SMILES string of the molecule is c1ccc(-c2ccc3c4nc5c(nc4c4ccc(-c6ccccc6)c2c34)c2c3cc(-n4c6ccccc6c6ccccc64)cc4c6cc(-n7c8ccccc8c8ccccc87)ccc6n(c43)c2c2c5c3cc(-n4c5ccccc5c5ccccc54)cc4c5cc(-n6c7ccccc7c7ccccc76)ccc5n2c43)cc1. The molecule has 27 rings (SSSR count). The fraction of sp³-hybridized carbons (Fsp3) is 0. The molecule has 0 saturated heterocycles. The van der Waals surface area contributed by atoms with Crippen molar-refractivity contribution < 1.29 is 0 Å². The van der Waals surface area contributed by atoms with Crippen molar-refractivity contribution in [1.82, 2.24) is 37.0 Å². The molecule has 0 unspecified atom stereocenters. The first-order chi connectivity index (χ1) is 54.6. The molecule has 0 atom stereocenters. The van der Waals surface area contributed by atoms with Gasteiger partial charge in [0.25, 0.3) is 0 Å². The predicted molar refractivity (Wildman–Crippen MR) is 461 cm³/mol. The van der Waals surface area contributed by atoms with Crippen LogP contribution in [-0.4, -0.2) is 37.0 Å². The van der Waals surface area contributed by atoms with E-state index in [1.165, 1.54) is 87.1 Å². The second-order valence-electron chi connectivity index (χ2n) is 30.2. The van der Waals surface area contributed by atoms with E-state index < -0.39 is 0 Å². The van der Waals surface area contributed by atoms with Crippen molar-refractivity contribution in [3.05, 3.63) is 340 Å². The van der Waals surface area contributed by atoms with Crippen LogP contribution in [-0.2, 0) is 0 Å². The minimum absolute atomic E-state index is 0.868. The summed E-state index contributed by atoms with van der Waals surface area (Å²) in [5, 5.41) is 23.3. The number of para-hydroxylation sites is 8. The van der Waals surface area contributed by atoms with Crippen LogP contribution < -0.4 is 0 Å². The first-order valence-corrected chi connectivity index (χ1v) is 38.0. The van der Waals surface area contributed by atoms with Gasteiger partial charge in [-0.1, -0.05) is 231 Å². The lowest BCUT2D eigenvalue weighted by molar-refractivity contribution is 1.18. The second kappa shape index (κ2) is 20.6. The summed E-state index contributed by atoms with van der Waals surface area (Å²) in [7, 11) is 0. The van der Waals surface area contributed by atoms with E-state index in [1.807, 2.05) is 0 Å². The van der Waals surface area contributed by atoms with E-state index in [9.17, 15) is 0 Å². The zero-order valence-electron chi connectivity index (χ0n) is 58.9. The van der Waals surface area contributed by atoms with E-state index in [2.05, 4.69) is 367 Å². The Morgan fingerprint density at radius 2 is 0.445 bits per heavy atom. The summed E-state index contributed by atoms with van der Waals surface area (Å²) in [4.78, 5) is 12.8. The molecule has 0 amide bonds. The minimum atomic E-state index is 0.868. The summed E-state index contributed by atoms with van der Waals surface area (Å²) in [5.74, 6) is 0. The Bertz CT molecular complexity index is 8060. The van der Waals surface area contributed by atoms with Gasteiger partial charge in [-0.3, -0.25) is 0 Å². The van der Waals surface area contributed by atoms with Gasteiger partial charge in [-0.2, -0.15) is 0 Å². The highest BCUT2D eigenvalue weighted by atomic mass is 15.0. The molecule has 0 saturated carbocycles. The Labute approximate surface area is 624 Å². The summed E-state index contributed by atoms with van der Waals surface area (Å²) < 4.78 is 15.2. The van der Waals surface area contributed by atoms with E-state index in [0.29, 0.717) is 0 Å². The van der Waals surface area contributed by atoms with Crippen molar-refractivity contribution in [2.45, 2.75) is 0 Å². The van der Waals surface area contributed by atoms with Gasteiger partial charge in [0.1, 0.15) is 11.0 Å². The lowest BCUT2D eigenvalue weighted by atomic mass is 9.90. The molecule has 9 aromatic heterocycles. The van der Waals surface area contributed by atoms with Crippen molar-refractivity contribution in [3.8, 4) is 45.0 Å². The number of nitrogens with zero attached hydrogens (tertiary/aromatic N) is 8. The van der Waals surface area contributed by atoms with E-state index in [4.69, 9.17) is 9.97 Å². The van der Waals surface area contributed by atoms with Gasteiger partial charge in [-0.05, 0) is 137 Å². The molecular formula is C102H56N8. The van der Waals surface area contributed by atoms with Crippen LogP contribution in [0.4, 0.5) is 0 Å². The molecule has 0 spiro atoms. The zero-order chi connectivity index (χ0) is 71.0. The van der Waals surface area contributed by atoms with Crippen LogP contribution in [0.5, 0.6) is 0 Å². The van der Waals surface area contributed by atoms with Gasteiger partial charge in [-0.25, -0.2) is 9.97 Å². The lowest BCUT2D eigenvalue weighted by Gasteiger charge is -2.13. The van der Waals surface area contributed by atoms with Crippen LogP contribution in [0.3, 0.4) is 0 Å². The lowest BCUT2D eigenvalue weighted by Crippen LogP contribution is -1.96. The quantitative estimate of drug-likeness (QED) is 0.167. The minimum Gasteiger partial charge on any atom is -0.309 e. The van der Waals surface area contributed by atoms with Crippen LogP contribution in [0.1, 0.15) is 0 Å². The summed E-state index contributed by atoms with van der Waals surface area (Å²) >= 11 is 0. The molecule has 0 radical (unpaired) electrons. The largest absolute Gasteiger partial charge is 0.309 e. The maximum absolute atomic E-state index is 6.39. The standard InChI is InChI=1S/C102H56N8/c1-3-23-57(24-4-1)63-45-47-73-92-74(48-46-64(91(63)92)58-25-5-2-6-26-58)96-95(73)103-97-93-79-55-61(107-85-39-19-11-31-69(85)70-32-12-20-40-86(70)107)53-77-75-51-59(105-81-35-15-7-27-65(81)66-28-8-16-36-82(66)105)43-49-89(75)109(99(77)79)101(93)102-94(98(97)104-96)80-56-62(108-87-41-21-13-33-71(87)72-34-14-22-42-88(72)108)54-78-76-52-60(44-50-90(76)110(102)100(78)80)106-83-37-17-9-29-67(83)68-30-10-18-38-84(68)106/h1-56H. The second-order valence-corrected chi connectivity index (χ2v) is 30.2. The first-order valence-electron chi connectivity index (χ1n) is 38.0. The molecule has 8 nitrogen and oxygen atoms in total. The van der Waals surface area contributed by atoms with Crippen molar-refractivity contribution in [2.75, 3.05) is 0 Å². The Kier molecular flexibility index (Phi) is 10.8. The summed E-state index contributed by atoms with van der Waals surface area (Å²) in [6.07, 6.45) is 0. The van der Waals surface area contributed by atoms with E-state index in [0.717, 1.165) is 165 Å². The number of rotatable bonds is 6. The van der Waals surface area contributed by atoms with Gasteiger partial charge in [0.05, 0.1) is 88.3 Å². The fourth-order valence-electron chi connectivity index (χ4n) is 20.6. The number of hydrogen-bond donors (Lipinski definition) is 0. The summed E-state index contributed by atoms with van der Waals surface area (Å²) in [6, 6.07) is 127. The van der Waals surface area contributed by atoms with Gasteiger partial charge in [0.2, 0.25) is 0 Å². The fourth-order valence-corrected chi connectivity index (χ4v) is 20.6. The van der Waals surface area contributed by atoms with E-state index >= 15 is 0 Å². The maximum Gasteiger partial charge on any atom is 0.100 e. The number of hydrogen-bond acceptors (Lipinski definition) is 2. The molecule has 0 fully saturated rings. The number of benzene rings is 17. The normalized spacial score (nSPS) is 12.7. The van der Waals surface area contributed by atoms with Crippen molar-refractivity contribution >= 4 is 207 Å². The monoisotopic (exact) mass is 1390 g/mol. The van der Waals surface area contributed by atoms with Gasteiger partial charge in [0.15, 0.2) is 0 Å². The molecule has 8 heteroatoms. The molecule has 0 aliphatic rings. The smallest absolute Gasteiger partial charge is 0.100 e. The number of aromatic nitrogens is 8. The van der Waals surface area contributed by atoms with E-state index in [-0.39, 0.29) is 0 Å². The van der Waals surface area contributed by atoms with E-state index in [1.54, 1.807) is 0 Å². The highest BCUT2D eigenvalue weighted by Gasteiger charge is 2.33. The van der Waals surface area contributed by atoms with Crippen LogP contribution in [0.15, 0.2) is 340 Å². The summed E-state index contributed by atoms with van der Waals surface area (Å²) in [5.41, 5.74) is 28.5. The molecule has 0 N–H and O–H groups in total. The molecule has 0 aliphatic carbocycles. The topological polar surface area (TPSA) is 54.3 Å². The number of fused-ring (bicyclic) bond motifs is 31. The molecule has 110 heavy (non-hydrogen) atoms. The average Bonchev–Trinajstić information content (AvgIpc) is 1.49. The molecule has 0 bridgehead atoms. The third-order valence-corrected chi connectivity index (χ3v) is 24.9. The third-order valence-electron chi connectivity index (χ3n) is 24.9. The predicted octanol–water partition coefficient (Wildman–Crippen LogP) is 26.5. The first kappa shape index (κ1) is 57.5. The molecule has 18 aromatic carbocycles. The van der Waals surface area contributed by atoms with Crippen LogP contribution in [0, 0.1) is 0 Å². The van der Waals surface area contributed by atoms with Gasteiger partial charge >= 0.3 is 0 Å². The Balaban J connectivity index is 0.881. The van der Waals surface area contributed by atoms with Gasteiger partial charge < -0.3 is 27.1 Å². The molecule has 9 heterocycles. The van der Waals surface area contributed by atoms with Crippen LogP contribution in [0.2, 0.25) is 0 Å². The zero-order valence-corrected chi connectivity index (χ0v) is 58.9. The molecule has 0 aliphatic heterocycles.